The standard InChI is InChI=1S/C10H9BrF4O/c11-8-3-2-7(10(13,14)15)6-9(8)16-5-1-4-12/h2-3,6H,1,4-5H2. The molecular formula is C10H9BrF4O. The van der Waals surface area contributed by atoms with Gasteiger partial charge in [0.1, 0.15) is 5.75 Å². The highest BCUT2D eigenvalue weighted by Gasteiger charge is 2.31. The molecule has 0 spiro atoms. The Kier molecular flexibility index (Phi) is 4.58. The van der Waals surface area contributed by atoms with Crippen molar-refractivity contribution in [2.45, 2.75) is 12.6 Å². The SMILES string of the molecule is FCCCOc1cc(C(F)(F)F)ccc1Br. The highest BCUT2D eigenvalue weighted by atomic mass is 79.9. The molecule has 1 nitrogen and oxygen atoms in total. The van der Waals surface area contributed by atoms with Crippen molar-refractivity contribution in [3.63, 3.8) is 0 Å². The van der Waals surface area contributed by atoms with Crippen molar-refractivity contribution < 1.29 is 22.3 Å². The Balaban J connectivity index is 2.83. The Hall–Kier alpha value is -0.780. The van der Waals surface area contributed by atoms with Gasteiger partial charge < -0.3 is 4.74 Å². The Morgan fingerprint density at radius 3 is 2.50 bits per heavy atom. The van der Waals surface area contributed by atoms with Crippen molar-refractivity contribution in [2.75, 3.05) is 13.3 Å². The summed E-state index contributed by atoms with van der Waals surface area (Å²) in [5.74, 6) is 0.0725. The number of hydrogen-bond acceptors (Lipinski definition) is 1. The molecule has 0 radical (unpaired) electrons. The lowest BCUT2D eigenvalue weighted by molar-refractivity contribution is -0.137. The van der Waals surface area contributed by atoms with E-state index in [1.54, 1.807) is 0 Å². The van der Waals surface area contributed by atoms with Gasteiger partial charge in [-0.1, -0.05) is 0 Å². The van der Waals surface area contributed by atoms with Gasteiger partial charge in [-0.05, 0) is 34.1 Å². The highest BCUT2D eigenvalue weighted by molar-refractivity contribution is 9.10. The van der Waals surface area contributed by atoms with Crippen molar-refractivity contribution in [2.24, 2.45) is 0 Å². The number of halogens is 5. The zero-order valence-electron chi connectivity index (χ0n) is 8.15. The monoisotopic (exact) mass is 300 g/mol. The lowest BCUT2D eigenvalue weighted by Crippen LogP contribution is -2.06. The second kappa shape index (κ2) is 5.52. The van der Waals surface area contributed by atoms with Crippen molar-refractivity contribution >= 4 is 15.9 Å². The molecule has 0 aliphatic heterocycles. The first-order chi connectivity index (χ1) is 7.45. The van der Waals surface area contributed by atoms with Gasteiger partial charge in [0.05, 0.1) is 23.3 Å². The summed E-state index contributed by atoms with van der Waals surface area (Å²) < 4.78 is 54.3. The summed E-state index contributed by atoms with van der Waals surface area (Å²) in [6.07, 6.45) is -4.25. The van der Waals surface area contributed by atoms with E-state index in [2.05, 4.69) is 15.9 Å². The minimum absolute atomic E-state index is 0.0520. The number of benzene rings is 1. The largest absolute Gasteiger partial charge is 0.492 e. The average Bonchev–Trinajstić information content (AvgIpc) is 2.19. The normalized spacial score (nSPS) is 11.6. The van der Waals surface area contributed by atoms with E-state index in [0.29, 0.717) is 4.47 Å². The van der Waals surface area contributed by atoms with E-state index in [0.717, 1.165) is 12.1 Å². The third kappa shape index (κ3) is 3.66. The molecule has 90 valence electrons. The first-order valence-corrected chi connectivity index (χ1v) is 5.30. The molecule has 6 heteroatoms. The van der Waals surface area contributed by atoms with E-state index in [-0.39, 0.29) is 18.8 Å². The van der Waals surface area contributed by atoms with E-state index in [9.17, 15) is 17.6 Å². The first kappa shape index (κ1) is 13.3. The Labute approximate surface area is 98.5 Å². The van der Waals surface area contributed by atoms with Crippen LogP contribution in [0.3, 0.4) is 0 Å². The van der Waals surface area contributed by atoms with Gasteiger partial charge in [-0.2, -0.15) is 13.2 Å². The van der Waals surface area contributed by atoms with Crippen molar-refractivity contribution in [1.82, 2.24) is 0 Å². The van der Waals surface area contributed by atoms with Gasteiger partial charge in [0, 0.05) is 6.42 Å². The van der Waals surface area contributed by atoms with Crippen LogP contribution in [0.2, 0.25) is 0 Å². The van der Waals surface area contributed by atoms with Gasteiger partial charge in [0.15, 0.2) is 0 Å². The van der Waals surface area contributed by atoms with Gasteiger partial charge >= 0.3 is 6.18 Å². The third-order valence-corrected chi connectivity index (χ3v) is 2.45. The van der Waals surface area contributed by atoms with Gasteiger partial charge in [-0.15, -0.1) is 0 Å². The molecule has 0 aliphatic carbocycles. The summed E-state index contributed by atoms with van der Waals surface area (Å²) in [6, 6.07) is 3.10. The van der Waals surface area contributed by atoms with Crippen LogP contribution in [-0.4, -0.2) is 13.3 Å². The minimum Gasteiger partial charge on any atom is -0.492 e. The molecule has 0 bridgehead atoms. The fourth-order valence-electron chi connectivity index (χ4n) is 1.03. The van der Waals surface area contributed by atoms with E-state index < -0.39 is 18.4 Å². The maximum absolute atomic E-state index is 12.4. The van der Waals surface area contributed by atoms with Gasteiger partial charge in [0.2, 0.25) is 0 Å². The van der Waals surface area contributed by atoms with Gasteiger partial charge in [-0.25, -0.2) is 0 Å². The molecule has 0 fully saturated rings. The third-order valence-electron chi connectivity index (χ3n) is 1.79. The van der Waals surface area contributed by atoms with Crippen LogP contribution in [0.25, 0.3) is 0 Å². The molecule has 0 heterocycles. The van der Waals surface area contributed by atoms with Crippen molar-refractivity contribution in [1.29, 1.82) is 0 Å². The Morgan fingerprint density at radius 1 is 1.25 bits per heavy atom. The molecule has 0 unspecified atom stereocenters. The summed E-state index contributed by atoms with van der Waals surface area (Å²) in [7, 11) is 0. The second-order valence-corrected chi connectivity index (χ2v) is 3.89. The maximum atomic E-state index is 12.4. The minimum atomic E-state index is -4.40. The lowest BCUT2D eigenvalue weighted by Gasteiger charge is -2.11. The Morgan fingerprint density at radius 2 is 1.94 bits per heavy atom. The molecule has 0 aromatic heterocycles. The van der Waals surface area contributed by atoms with Crippen LogP contribution in [0.4, 0.5) is 17.6 Å². The molecule has 0 amide bonds. The Bertz CT molecular complexity index is 351. The van der Waals surface area contributed by atoms with Crippen LogP contribution in [0.5, 0.6) is 5.75 Å². The summed E-state index contributed by atoms with van der Waals surface area (Å²) in [6.45, 7) is -0.507. The molecule has 1 rings (SSSR count). The quantitative estimate of drug-likeness (QED) is 0.598. The zero-order valence-corrected chi connectivity index (χ0v) is 9.74. The average molecular weight is 301 g/mol. The molecule has 0 saturated heterocycles. The fraction of sp³-hybridized carbons (Fsp3) is 0.400. The molecule has 0 N–H and O–H groups in total. The topological polar surface area (TPSA) is 9.23 Å². The summed E-state index contributed by atoms with van der Waals surface area (Å²) >= 11 is 3.06. The van der Waals surface area contributed by atoms with Crippen molar-refractivity contribution in [3.05, 3.63) is 28.2 Å². The molecule has 0 aliphatic rings. The predicted octanol–water partition coefficient (Wildman–Crippen LogP) is 4.21. The molecule has 0 saturated carbocycles. The zero-order chi connectivity index (χ0) is 12.2. The fourth-order valence-corrected chi connectivity index (χ4v) is 1.39. The molecule has 1 aromatic rings. The summed E-state index contributed by atoms with van der Waals surface area (Å²) in [5.41, 5.74) is -0.786. The van der Waals surface area contributed by atoms with E-state index in [1.165, 1.54) is 6.07 Å². The van der Waals surface area contributed by atoms with Gasteiger partial charge in [0.25, 0.3) is 0 Å². The number of hydrogen-bond donors (Lipinski definition) is 0. The predicted molar refractivity (Wildman–Crippen MR) is 55.2 cm³/mol. The number of rotatable bonds is 4. The molecular weight excluding hydrogens is 292 g/mol. The van der Waals surface area contributed by atoms with E-state index in [4.69, 9.17) is 4.74 Å². The van der Waals surface area contributed by atoms with Crippen LogP contribution in [0.1, 0.15) is 12.0 Å². The molecule has 16 heavy (non-hydrogen) atoms. The van der Waals surface area contributed by atoms with Crippen LogP contribution >= 0.6 is 15.9 Å². The van der Waals surface area contributed by atoms with E-state index >= 15 is 0 Å². The summed E-state index contributed by atoms with van der Waals surface area (Å²) in [4.78, 5) is 0. The molecule has 0 atom stereocenters. The van der Waals surface area contributed by atoms with Crippen LogP contribution in [0, 0.1) is 0 Å². The highest BCUT2D eigenvalue weighted by Crippen LogP contribution is 2.35. The second-order valence-electron chi connectivity index (χ2n) is 3.03. The number of alkyl halides is 4. The smallest absolute Gasteiger partial charge is 0.416 e. The summed E-state index contributed by atoms with van der Waals surface area (Å²) in [5, 5.41) is 0. The maximum Gasteiger partial charge on any atom is 0.416 e. The molecule has 1 aromatic carbocycles. The van der Waals surface area contributed by atoms with Gasteiger partial charge in [-0.3, -0.25) is 4.39 Å². The van der Waals surface area contributed by atoms with Crippen LogP contribution in [0.15, 0.2) is 22.7 Å². The number of ether oxygens (including phenoxy) is 1. The van der Waals surface area contributed by atoms with E-state index in [1.807, 2.05) is 0 Å². The van der Waals surface area contributed by atoms with Crippen LogP contribution < -0.4 is 4.74 Å². The van der Waals surface area contributed by atoms with Crippen LogP contribution in [-0.2, 0) is 6.18 Å². The first-order valence-electron chi connectivity index (χ1n) is 4.50. The lowest BCUT2D eigenvalue weighted by atomic mass is 10.2. The van der Waals surface area contributed by atoms with Crippen molar-refractivity contribution in [3.8, 4) is 5.75 Å².